The number of halogens is 1. The predicted octanol–water partition coefficient (Wildman–Crippen LogP) is 5.08. The molecule has 0 aliphatic carbocycles. The summed E-state index contributed by atoms with van der Waals surface area (Å²) in [5.41, 5.74) is 3.21. The Labute approximate surface area is 124 Å². The summed E-state index contributed by atoms with van der Waals surface area (Å²) in [5.74, 6) is -0.0550. The fourth-order valence-electron chi connectivity index (χ4n) is 1.97. The van der Waals surface area contributed by atoms with E-state index in [9.17, 15) is 4.79 Å². The summed E-state index contributed by atoms with van der Waals surface area (Å²) in [6.07, 6.45) is 0. The van der Waals surface area contributed by atoms with Gasteiger partial charge in [-0.3, -0.25) is 4.79 Å². The zero-order chi connectivity index (χ0) is 13.4. The SMILES string of the molecule is CC(=O)Nc1ccc2c(c1)SSc1cc(Cl)ccc1-2. The van der Waals surface area contributed by atoms with Gasteiger partial charge in [-0.25, -0.2) is 0 Å². The Morgan fingerprint density at radius 1 is 1.05 bits per heavy atom. The highest BCUT2D eigenvalue weighted by Gasteiger charge is 2.18. The van der Waals surface area contributed by atoms with Crippen LogP contribution in [0.5, 0.6) is 0 Å². The van der Waals surface area contributed by atoms with Crippen LogP contribution in [0.25, 0.3) is 11.1 Å². The monoisotopic (exact) mass is 307 g/mol. The van der Waals surface area contributed by atoms with Crippen LogP contribution in [0.15, 0.2) is 46.2 Å². The molecule has 1 amide bonds. The normalized spacial score (nSPS) is 12.5. The Morgan fingerprint density at radius 2 is 1.68 bits per heavy atom. The number of rotatable bonds is 1. The van der Waals surface area contributed by atoms with Gasteiger partial charge in [-0.2, -0.15) is 0 Å². The molecule has 2 aromatic carbocycles. The van der Waals surface area contributed by atoms with E-state index in [1.165, 1.54) is 22.9 Å². The number of amides is 1. The first-order valence-electron chi connectivity index (χ1n) is 5.69. The highest BCUT2D eigenvalue weighted by molar-refractivity contribution is 8.76. The maximum Gasteiger partial charge on any atom is 0.221 e. The molecule has 0 fully saturated rings. The van der Waals surface area contributed by atoms with E-state index < -0.39 is 0 Å². The first kappa shape index (κ1) is 12.9. The van der Waals surface area contributed by atoms with Gasteiger partial charge < -0.3 is 5.32 Å². The van der Waals surface area contributed by atoms with Crippen LogP contribution < -0.4 is 5.32 Å². The molecule has 1 aliphatic rings. The zero-order valence-corrected chi connectivity index (χ0v) is 12.5. The Balaban J connectivity index is 2.05. The average molecular weight is 308 g/mol. The van der Waals surface area contributed by atoms with Gasteiger partial charge >= 0.3 is 0 Å². The number of benzene rings is 2. The lowest BCUT2D eigenvalue weighted by molar-refractivity contribution is -0.114. The summed E-state index contributed by atoms with van der Waals surface area (Å²) in [6, 6.07) is 11.9. The molecule has 2 aromatic rings. The minimum atomic E-state index is -0.0550. The minimum Gasteiger partial charge on any atom is -0.326 e. The maximum atomic E-state index is 11.1. The molecule has 2 nitrogen and oxygen atoms in total. The van der Waals surface area contributed by atoms with Gasteiger partial charge in [0.2, 0.25) is 5.91 Å². The first-order valence-corrected chi connectivity index (χ1v) is 8.22. The maximum absolute atomic E-state index is 11.1. The quantitative estimate of drug-likeness (QED) is 0.745. The molecule has 96 valence electrons. The number of anilines is 1. The lowest BCUT2D eigenvalue weighted by Crippen LogP contribution is -2.05. The zero-order valence-electron chi connectivity index (χ0n) is 10.1. The number of hydrogen-bond donors (Lipinski definition) is 1. The van der Waals surface area contributed by atoms with E-state index in [1.807, 2.05) is 36.4 Å². The number of nitrogens with one attached hydrogen (secondary N) is 1. The largest absolute Gasteiger partial charge is 0.326 e. The van der Waals surface area contributed by atoms with E-state index >= 15 is 0 Å². The Kier molecular flexibility index (Phi) is 3.48. The van der Waals surface area contributed by atoms with Crippen molar-refractivity contribution in [3.63, 3.8) is 0 Å². The van der Waals surface area contributed by atoms with E-state index in [2.05, 4.69) is 5.32 Å². The average Bonchev–Trinajstić information content (AvgIpc) is 2.37. The van der Waals surface area contributed by atoms with Crippen molar-refractivity contribution in [1.29, 1.82) is 0 Å². The third-order valence-corrected chi connectivity index (χ3v) is 5.44. The third kappa shape index (κ3) is 2.61. The molecule has 0 aromatic heterocycles. The molecule has 19 heavy (non-hydrogen) atoms. The number of carbonyl (C=O) groups excluding carboxylic acids is 1. The molecule has 1 heterocycles. The van der Waals surface area contributed by atoms with Crippen molar-refractivity contribution < 1.29 is 4.79 Å². The molecular formula is C14H10ClNOS2. The van der Waals surface area contributed by atoms with Gasteiger partial charge in [0, 0.05) is 27.4 Å². The van der Waals surface area contributed by atoms with Gasteiger partial charge in [0.1, 0.15) is 0 Å². The standard InChI is InChI=1S/C14H10ClNOS2/c1-8(17)16-10-3-5-12-11-4-2-9(15)6-13(11)18-19-14(12)7-10/h2-7H,1H3,(H,16,17). The molecule has 3 rings (SSSR count). The summed E-state index contributed by atoms with van der Waals surface area (Å²) in [7, 11) is 3.38. The summed E-state index contributed by atoms with van der Waals surface area (Å²) in [6.45, 7) is 1.51. The summed E-state index contributed by atoms with van der Waals surface area (Å²) < 4.78 is 0. The van der Waals surface area contributed by atoms with Crippen LogP contribution in [-0.4, -0.2) is 5.91 Å². The van der Waals surface area contributed by atoms with Crippen molar-refractivity contribution in [2.75, 3.05) is 5.32 Å². The lowest BCUT2D eigenvalue weighted by Gasteiger charge is -2.19. The van der Waals surface area contributed by atoms with Crippen molar-refractivity contribution in [3.8, 4) is 11.1 Å². The lowest BCUT2D eigenvalue weighted by atomic mass is 10.1. The van der Waals surface area contributed by atoms with Gasteiger partial charge in [0.05, 0.1) is 0 Å². The van der Waals surface area contributed by atoms with Crippen molar-refractivity contribution in [3.05, 3.63) is 41.4 Å². The van der Waals surface area contributed by atoms with Crippen LogP contribution in [0.3, 0.4) is 0 Å². The van der Waals surface area contributed by atoms with E-state index in [4.69, 9.17) is 11.6 Å². The van der Waals surface area contributed by atoms with Gasteiger partial charge in [-0.15, -0.1) is 0 Å². The third-order valence-electron chi connectivity index (χ3n) is 2.76. The topological polar surface area (TPSA) is 29.1 Å². The van der Waals surface area contributed by atoms with Crippen LogP contribution in [0.1, 0.15) is 6.92 Å². The summed E-state index contributed by atoms with van der Waals surface area (Å²) in [4.78, 5) is 13.4. The molecule has 1 aliphatic heterocycles. The van der Waals surface area contributed by atoms with Gasteiger partial charge in [0.15, 0.2) is 0 Å². The number of carbonyl (C=O) groups is 1. The minimum absolute atomic E-state index is 0.0550. The fourth-order valence-corrected chi connectivity index (χ4v) is 4.64. The van der Waals surface area contributed by atoms with Crippen LogP contribution >= 0.6 is 33.2 Å². The van der Waals surface area contributed by atoms with Crippen molar-refractivity contribution >= 4 is 44.8 Å². The van der Waals surface area contributed by atoms with Crippen molar-refractivity contribution in [1.82, 2.24) is 0 Å². The molecule has 0 spiro atoms. The molecule has 0 unspecified atom stereocenters. The second-order valence-corrected chi connectivity index (χ2v) is 6.85. The van der Waals surface area contributed by atoms with E-state index in [0.29, 0.717) is 0 Å². The Hall–Kier alpha value is -1.10. The van der Waals surface area contributed by atoms with E-state index in [-0.39, 0.29) is 5.91 Å². The first-order chi connectivity index (χ1) is 9.13. The predicted molar refractivity (Wildman–Crippen MR) is 82.9 cm³/mol. The Morgan fingerprint density at radius 3 is 2.37 bits per heavy atom. The molecule has 0 atom stereocenters. The molecular weight excluding hydrogens is 298 g/mol. The molecule has 0 bridgehead atoms. The van der Waals surface area contributed by atoms with Crippen LogP contribution in [0.4, 0.5) is 5.69 Å². The molecule has 0 saturated carbocycles. The molecule has 1 N–H and O–H groups in total. The molecule has 0 saturated heterocycles. The van der Waals surface area contributed by atoms with Gasteiger partial charge in [-0.05, 0) is 35.4 Å². The number of fused-ring (bicyclic) bond motifs is 3. The fraction of sp³-hybridized carbons (Fsp3) is 0.0714. The van der Waals surface area contributed by atoms with Crippen LogP contribution in [0.2, 0.25) is 5.02 Å². The van der Waals surface area contributed by atoms with Crippen LogP contribution in [-0.2, 0) is 4.79 Å². The molecule has 0 radical (unpaired) electrons. The summed E-state index contributed by atoms with van der Waals surface area (Å²) in [5, 5.41) is 3.56. The van der Waals surface area contributed by atoms with E-state index in [1.54, 1.807) is 21.6 Å². The molecule has 5 heteroatoms. The highest BCUT2D eigenvalue weighted by atomic mass is 35.5. The van der Waals surface area contributed by atoms with Crippen LogP contribution in [0, 0.1) is 0 Å². The summed E-state index contributed by atoms with van der Waals surface area (Å²) >= 11 is 6.02. The highest BCUT2D eigenvalue weighted by Crippen LogP contribution is 2.52. The van der Waals surface area contributed by atoms with Crippen molar-refractivity contribution in [2.24, 2.45) is 0 Å². The van der Waals surface area contributed by atoms with Crippen molar-refractivity contribution in [2.45, 2.75) is 16.7 Å². The second-order valence-electron chi connectivity index (χ2n) is 4.20. The smallest absolute Gasteiger partial charge is 0.221 e. The number of hydrogen-bond acceptors (Lipinski definition) is 3. The second kappa shape index (κ2) is 5.12. The van der Waals surface area contributed by atoms with E-state index in [0.717, 1.165) is 15.6 Å². The Bertz CT molecular complexity index is 672. The van der Waals surface area contributed by atoms with Gasteiger partial charge in [0.25, 0.3) is 0 Å². The van der Waals surface area contributed by atoms with Gasteiger partial charge in [-0.1, -0.05) is 45.3 Å².